The molecule has 1 fully saturated rings. The largest absolute Gasteiger partial charge is 0.384 e. The van der Waals surface area contributed by atoms with Crippen molar-refractivity contribution in [2.24, 2.45) is 0 Å². The molecule has 17 heavy (non-hydrogen) atoms. The van der Waals surface area contributed by atoms with Crippen LogP contribution in [0.3, 0.4) is 0 Å². The summed E-state index contributed by atoms with van der Waals surface area (Å²) in [6, 6.07) is 2.06. The fourth-order valence-corrected chi connectivity index (χ4v) is 1.97. The lowest BCUT2D eigenvalue weighted by atomic mass is 10.3. The molecule has 0 atom stereocenters. The first-order valence-corrected chi connectivity index (χ1v) is 6.09. The van der Waals surface area contributed by atoms with Gasteiger partial charge >= 0.3 is 0 Å². The quantitative estimate of drug-likeness (QED) is 0.819. The normalized spacial score (nSPS) is 16.2. The molecule has 0 aliphatic carbocycles. The number of ether oxygens (including phenoxy) is 1. The van der Waals surface area contributed by atoms with E-state index in [0.29, 0.717) is 6.61 Å². The molecule has 1 saturated heterocycles. The van der Waals surface area contributed by atoms with Gasteiger partial charge in [-0.25, -0.2) is 9.97 Å². The Bertz CT molecular complexity index is 364. The Morgan fingerprint density at radius 3 is 2.82 bits per heavy atom. The molecule has 94 valence electrons. The molecule has 0 spiro atoms. The Morgan fingerprint density at radius 2 is 2.12 bits per heavy atom. The van der Waals surface area contributed by atoms with Crippen molar-refractivity contribution in [1.29, 1.82) is 0 Å². The van der Waals surface area contributed by atoms with E-state index in [1.54, 1.807) is 7.11 Å². The fourth-order valence-electron chi connectivity index (χ4n) is 1.97. The van der Waals surface area contributed by atoms with E-state index >= 15 is 0 Å². The molecule has 0 aromatic carbocycles. The van der Waals surface area contributed by atoms with Crippen LogP contribution >= 0.6 is 0 Å². The predicted octanol–water partition coefficient (Wildman–Crippen LogP) is 0.384. The highest BCUT2D eigenvalue weighted by molar-refractivity contribution is 5.40. The van der Waals surface area contributed by atoms with Crippen LogP contribution in [0.25, 0.3) is 0 Å². The number of aromatic nitrogens is 2. The Balaban J connectivity index is 2.12. The van der Waals surface area contributed by atoms with Crippen LogP contribution in [0.5, 0.6) is 0 Å². The maximum atomic E-state index is 5.07. The third-order valence-corrected chi connectivity index (χ3v) is 2.86. The lowest BCUT2D eigenvalue weighted by Gasteiger charge is -2.28. The van der Waals surface area contributed by atoms with Crippen molar-refractivity contribution in [3.05, 3.63) is 17.6 Å². The number of nitrogens with zero attached hydrogens (tertiary/aromatic N) is 3. The molecule has 0 amide bonds. The van der Waals surface area contributed by atoms with Gasteiger partial charge in [-0.3, -0.25) is 0 Å². The van der Waals surface area contributed by atoms with E-state index in [1.807, 2.05) is 6.92 Å². The van der Waals surface area contributed by atoms with E-state index in [2.05, 4.69) is 26.3 Å². The Morgan fingerprint density at radius 1 is 1.35 bits per heavy atom. The Labute approximate surface area is 102 Å². The van der Waals surface area contributed by atoms with Gasteiger partial charge < -0.3 is 15.0 Å². The molecule has 1 aromatic rings. The molecule has 5 heteroatoms. The van der Waals surface area contributed by atoms with Crippen molar-refractivity contribution < 1.29 is 4.74 Å². The molecular weight excluding hydrogens is 216 g/mol. The van der Waals surface area contributed by atoms with Gasteiger partial charge in [0.25, 0.3) is 0 Å². The van der Waals surface area contributed by atoms with Crippen LogP contribution in [-0.4, -0.2) is 49.9 Å². The third-order valence-electron chi connectivity index (χ3n) is 2.86. The molecule has 1 N–H and O–H groups in total. The van der Waals surface area contributed by atoms with Gasteiger partial charge in [-0.15, -0.1) is 0 Å². The summed E-state index contributed by atoms with van der Waals surface area (Å²) in [6.45, 7) is 6.77. The number of nitrogens with one attached hydrogen (secondary N) is 1. The number of hydrogen-bond donors (Lipinski definition) is 1. The van der Waals surface area contributed by atoms with E-state index < -0.39 is 0 Å². The molecule has 0 bridgehead atoms. The molecule has 2 heterocycles. The summed E-state index contributed by atoms with van der Waals surface area (Å²) in [7, 11) is 1.70. The smallest absolute Gasteiger partial charge is 0.133 e. The molecule has 1 aliphatic heterocycles. The maximum Gasteiger partial charge on any atom is 0.133 e. The minimum Gasteiger partial charge on any atom is -0.384 e. The average Bonchev–Trinajstić information content (AvgIpc) is 2.37. The summed E-state index contributed by atoms with van der Waals surface area (Å²) in [5.41, 5.74) is 1.03. The van der Waals surface area contributed by atoms with Crippen LogP contribution in [0.1, 0.15) is 11.5 Å². The van der Waals surface area contributed by atoms with E-state index in [1.165, 1.54) is 0 Å². The topological polar surface area (TPSA) is 50.3 Å². The van der Waals surface area contributed by atoms with Gasteiger partial charge in [-0.2, -0.15) is 0 Å². The van der Waals surface area contributed by atoms with Gasteiger partial charge in [0.1, 0.15) is 11.6 Å². The van der Waals surface area contributed by atoms with Crippen LogP contribution in [0.15, 0.2) is 6.07 Å². The number of hydrogen-bond acceptors (Lipinski definition) is 5. The number of rotatable bonds is 4. The van der Waals surface area contributed by atoms with E-state index in [9.17, 15) is 0 Å². The molecule has 1 aromatic heterocycles. The molecule has 0 unspecified atom stereocenters. The average molecular weight is 236 g/mol. The molecule has 0 radical (unpaired) electrons. The van der Waals surface area contributed by atoms with Crippen molar-refractivity contribution in [1.82, 2.24) is 15.3 Å². The highest BCUT2D eigenvalue weighted by Gasteiger charge is 2.13. The summed E-state index contributed by atoms with van der Waals surface area (Å²) in [4.78, 5) is 11.3. The first-order chi connectivity index (χ1) is 8.29. The highest BCUT2D eigenvalue weighted by Crippen LogP contribution is 2.13. The van der Waals surface area contributed by atoms with Crippen LogP contribution in [0.2, 0.25) is 0 Å². The van der Waals surface area contributed by atoms with E-state index in [4.69, 9.17) is 4.74 Å². The predicted molar refractivity (Wildman–Crippen MR) is 67.4 cm³/mol. The number of aryl methyl sites for hydroxylation is 1. The first-order valence-electron chi connectivity index (χ1n) is 6.09. The third kappa shape index (κ3) is 3.38. The number of anilines is 1. The number of methoxy groups -OCH3 is 1. The Hall–Kier alpha value is -1.20. The van der Waals surface area contributed by atoms with Crippen LogP contribution in [0, 0.1) is 6.92 Å². The summed E-state index contributed by atoms with van der Waals surface area (Å²) in [6.07, 6.45) is 0.775. The zero-order valence-electron chi connectivity index (χ0n) is 10.6. The van der Waals surface area contributed by atoms with Crippen LogP contribution in [0.4, 0.5) is 5.82 Å². The summed E-state index contributed by atoms with van der Waals surface area (Å²) >= 11 is 0. The summed E-state index contributed by atoms with van der Waals surface area (Å²) in [5, 5.41) is 3.34. The summed E-state index contributed by atoms with van der Waals surface area (Å²) < 4.78 is 5.07. The second-order valence-corrected chi connectivity index (χ2v) is 4.26. The molecule has 0 saturated carbocycles. The fraction of sp³-hybridized carbons (Fsp3) is 0.667. The van der Waals surface area contributed by atoms with Crippen molar-refractivity contribution in [3.63, 3.8) is 0 Å². The van der Waals surface area contributed by atoms with Gasteiger partial charge in [0.05, 0.1) is 6.61 Å². The van der Waals surface area contributed by atoms with Crippen molar-refractivity contribution in [3.8, 4) is 0 Å². The first kappa shape index (κ1) is 12.3. The van der Waals surface area contributed by atoms with Gasteiger partial charge in [0.15, 0.2) is 0 Å². The molecule has 1 aliphatic rings. The monoisotopic (exact) mass is 236 g/mol. The second kappa shape index (κ2) is 5.93. The van der Waals surface area contributed by atoms with Gasteiger partial charge in [-0.1, -0.05) is 0 Å². The van der Waals surface area contributed by atoms with E-state index in [0.717, 1.165) is 49.9 Å². The highest BCUT2D eigenvalue weighted by atomic mass is 16.5. The molecular formula is C12H20N4O. The molecule has 5 nitrogen and oxygen atoms in total. The SMILES string of the molecule is COCCc1nc(C)cc(N2CCNCC2)n1. The minimum atomic E-state index is 0.671. The lowest BCUT2D eigenvalue weighted by Crippen LogP contribution is -2.44. The van der Waals surface area contributed by atoms with Crippen LogP contribution < -0.4 is 10.2 Å². The summed E-state index contributed by atoms with van der Waals surface area (Å²) in [5.74, 6) is 1.92. The number of piperazine rings is 1. The zero-order chi connectivity index (χ0) is 12.1. The van der Waals surface area contributed by atoms with Crippen molar-refractivity contribution in [2.75, 3.05) is 44.8 Å². The van der Waals surface area contributed by atoms with Crippen molar-refractivity contribution in [2.45, 2.75) is 13.3 Å². The molecule has 2 rings (SSSR count). The second-order valence-electron chi connectivity index (χ2n) is 4.26. The van der Waals surface area contributed by atoms with Crippen molar-refractivity contribution >= 4 is 5.82 Å². The zero-order valence-corrected chi connectivity index (χ0v) is 10.6. The van der Waals surface area contributed by atoms with Gasteiger partial charge in [-0.05, 0) is 6.92 Å². The Kier molecular flexibility index (Phi) is 4.28. The minimum absolute atomic E-state index is 0.671. The maximum absolute atomic E-state index is 5.07. The van der Waals surface area contributed by atoms with E-state index in [-0.39, 0.29) is 0 Å². The lowest BCUT2D eigenvalue weighted by molar-refractivity contribution is 0.200. The van der Waals surface area contributed by atoms with Crippen LogP contribution in [-0.2, 0) is 11.2 Å². The van der Waals surface area contributed by atoms with Gasteiger partial charge in [0, 0.05) is 51.5 Å². The van der Waals surface area contributed by atoms with Gasteiger partial charge in [0.2, 0.25) is 0 Å². The standard InChI is InChI=1S/C12H20N4O/c1-10-9-12(16-6-4-13-5-7-16)15-11(14-10)3-8-17-2/h9,13H,3-8H2,1-2H3.